The minimum absolute atomic E-state index is 0.00161. The van der Waals surface area contributed by atoms with Gasteiger partial charge in [0.05, 0.1) is 22.8 Å². The largest absolute Gasteiger partial charge is 0.494 e. The number of benzene rings is 5. The van der Waals surface area contributed by atoms with E-state index in [9.17, 15) is 13.2 Å². The molecule has 0 fully saturated rings. The minimum atomic E-state index is -4.02. The number of nitrogens with one attached hydrogen (secondary N) is 1. The summed E-state index contributed by atoms with van der Waals surface area (Å²) in [4.78, 5) is 18.6. The van der Waals surface area contributed by atoms with Gasteiger partial charge in [-0.1, -0.05) is 86.1 Å². The monoisotopic (exact) mass is 645 g/mol. The average Bonchev–Trinajstić information content (AvgIpc) is 3.07. The molecule has 5 aromatic carbocycles. The molecule has 240 valence electrons. The molecule has 1 atom stereocenters. The standard InChI is InChI=1S/C39H39N3O4S/c1-5-46-34-21-17-32(18-22-34)40-47(44,45)35-23-24-37-36(25-35)39(43)42(33-19-11-28(4)12-20-33)38(31-15-13-30(14-16-31)27(2)3)41(37)26-29-9-7-6-8-10-29/h6-25,27,38,40H,5,26H2,1-4H3/t38-/m1/s1. The van der Waals surface area contributed by atoms with E-state index in [1.807, 2.05) is 56.3 Å². The van der Waals surface area contributed by atoms with E-state index in [4.69, 9.17) is 4.74 Å². The number of carbonyl (C=O) groups excluding carboxylic acids is 1. The maximum atomic E-state index is 14.7. The molecule has 8 heteroatoms. The third kappa shape index (κ3) is 6.74. The highest BCUT2D eigenvalue weighted by atomic mass is 32.2. The molecular formula is C39H39N3O4S. The summed E-state index contributed by atoms with van der Waals surface area (Å²) < 4.78 is 35.5. The SMILES string of the molecule is CCOc1ccc(NS(=O)(=O)c2ccc3c(c2)C(=O)N(c2ccc(C)cc2)[C@H](c2ccc(C(C)C)cc2)N3Cc2ccccc2)cc1. The second-order valence-corrected chi connectivity index (χ2v) is 13.7. The highest BCUT2D eigenvalue weighted by Crippen LogP contribution is 2.43. The van der Waals surface area contributed by atoms with Crippen LogP contribution in [0.1, 0.15) is 65.5 Å². The van der Waals surface area contributed by atoms with Crippen molar-refractivity contribution in [2.24, 2.45) is 0 Å². The molecule has 1 aliphatic heterocycles. The molecule has 5 aromatic rings. The normalized spacial score (nSPS) is 14.7. The van der Waals surface area contributed by atoms with Gasteiger partial charge in [-0.25, -0.2) is 8.42 Å². The summed E-state index contributed by atoms with van der Waals surface area (Å²) >= 11 is 0. The minimum Gasteiger partial charge on any atom is -0.494 e. The fraction of sp³-hybridized carbons (Fsp3) is 0.205. The van der Waals surface area contributed by atoms with Crippen LogP contribution in [0, 0.1) is 6.92 Å². The fourth-order valence-electron chi connectivity index (χ4n) is 5.91. The number of hydrogen-bond acceptors (Lipinski definition) is 5. The van der Waals surface area contributed by atoms with Gasteiger partial charge in [0.1, 0.15) is 11.9 Å². The van der Waals surface area contributed by atoms with Crippen LogP contribution < -0.4 is 19.3 Å². The van der Waals surface area contributed by atoms with Gasteiger partial charge in [0, 0.05) is 17.9 Å². The molecule has 6 rings (SSSR count). The second-order valence-electron chi connectivity index (χ2n) is 12.1. The Bertz CT molecular complexity index is 1960. The number of fused-ring (bicyclic) bond motifs is 1. The maximum absolute atomic E-state index is 14.7. The van der Waals surface area contributed by atoms with Crippen LogP contribution in [0.15, 0.2) is 126 Å². The number of nitrogens with zero attached hydrogens (tertiary/aromatic N) is 2. The molecule has 0 aromatic heterocycles. The lowest BCUT2D eigenvalue weighted by Gasteiger charge is -2.46. The van der Waals surface area contributed by atoms with Gasteiger partial charge in [-0.2, -0.15) is 0 Å². The zero-order valence-corrected chi connectivity index (χ0v) is 27.9. The number of sulfonamides is 1. The smallest absolute Gasteiger partial charge is 0.262 e. The van der Waals surface area contributed by atoms with E-state index in [-0.39, 0.29) is 10.8 Å². The molecule has 0 aliphatic carbocycles. The van der Waals surface area contributed by atoms with Gasteiger partial charge in [0.2, 0.25) is 0 Å². The number of anilines is 3. The van der Waals surface area contributed by atoms with Crippen molar-refractivity contribution in [1.82, 2.24) is 0 Å². The van der Waals surface area contributed by atoms with Crippen molar-refractivity contribution < 1.29 is 17.9 Å². The van der Waals surface area contributed by atoms with E-state index >= 15 is 0 Å². The third-order valence-corrected chi connectivity index (χ3v) is 9.78. The first-order valence-electron chi connectivity index (χ1n) is 15.8. The van der Waals surface area contributed by atoms with Crippen molar-refractivity contribution in [1.29, 1.82) is 0 Å². The van der Waals surface area contributed by atoms with Gasteiger partial charge >= 0.3 is 0 Å². The molecule has 1 amide bonds. The number of rotatable bonds is 10. The average molecular weight is 646 g/mol. The third-order valence-electron chi connectivity index (χ3n) is 8.40. The van der Waals surface area contributed by atoms with E-state index in [1.54, 1.807) is 41.3 Å². The first-order chi connectivity index (χ1) is 22.6. The molecule has 0 saturated carbocycles. The summed E-state index contributed by atoms with van der Waals surface area (Å²) in [6, 6.07) is 37.9. The lowest BCUT2D eigenvalue weighted by Crippen LogP contribution is -2.49. The lowest BCUT2D eigenvalue weighted by molar-refractivity contribution is 0.0968. The molecular weight excluding hydrogens is 607 g/mol. The van der Waals surface area contributed by atoms with Crippen molar-refractivity contribution in [3.63, 3.8) is 0 Å². The fourth-order valence-corrected chi connectivity index (χ4v) is 7.00. The van der Waals surface area contributed by atoms with Crippen LogP contribution in [0.2, 0.25) is 0 Å². The van der Waals surface area contributed by atoms with Gasteiger partial charge in [-0.3, -0.25) is 14.4 Å². The molecule has 1 N–H and O–H groups in total. The topological polar surface area (TPSA) is 78.9 Å². The number of amides is 1. The summed E-state index contributed by atoms with van der Waals surface area (Å²) in [6.07, 6.45) is -0.483. The van der Waals surface area contributed by atoms with E-state index in [0.717, 1.165) is 22.4 Å². The zero-order chi connectivity index (χ0) is 33.1. The molecule has 0 bridgehead atoms. The van der Waals surface area contributed by atoms with Crippen molar-refractivity contribution >= 4 is 33.0 Å². The first-order valence-corrected chi connectivity index (χ1v) is 17.3. The molecule has 1 heterocycles. The molecule has 0 spiro atoms. The van der Waals surface area contributed by atoms with Gasteiger partial charge < -0.3 is 9.64 Å². The van der Waals surface area contributed by atoms with Crippen LogP contribution in [0.5, 0.6) is 5.75 Å². The number of aryl methyl sites for hydroxylation is 1. The maximum Gasteiger partial charge on any atom is 0.262 e. The van der Waals surface area contributed by atoms with Crippen LogP contribution in [-0.2, 0) is 16.6 Å². The van der Waals surface area contributed by atoms with Crippen LogP contribution in [-0.4, -0.2) is 20.9 Å². The van der Waals surface area contributed by atoms with Crippen molar-refractivity contribution in [3.05, 3.63) is 149 Å². The van der Waals surface area contributed by atoms with Crippen molar-refractivity contribution in [3.8, 4) is 5.75 Å². The first kappa shape index (κ1) is 31.9. The Morgan fingerprint density at radius 1 is 0.830 bits per heavy atom. The number of carbonyl (C=O) groups is 1. The molecule has 7 nitrogen and oxygen atoms in total. The Balaban J connectivity index is 1.48. The summed E-state index contributed by atoms with van der Waals surface area (Å²) in [6.45, 7) is 9.23. The van der Waals surface area contributed by atoms with E-state index in [1.165, 1.54) is 11.6 Å². The summed E-state index contributed by atoms with van der Waals surface area (Å²) in [5.41, 5.74) is 6.41. The Kier molecular flexibility index (Phi) is 9.05. The molecule has 47 heavy (non-hydrogen) atoms. The highest BCUT2D eigenvalue weighted by molar-refractivity contribution is 7.92. The number of hydrogen-bond donors (Lipinski definition) is 1. The van der Waals surface area contributed by atoms with Crippen molar-refractivity contribution in [2.75, 3.05) is 21.1 Å². The Hall–Kier alpha value is -5.08. The summed E-state index contributed by atoms with van der Waals surface area (Å²) in [7, 11) is -4.02. The van der Waals surface area contributed by atoms with Crippen LogP contribution in [0.4, 0.5) is 17.1 Å². The molecule has 0 unspecified atom stereocenters. The van der Waals surface area contributed by atoms with Gasteiger partial charge in [-0.15, -0.1) is 0 Å². The van der Waals surface area contributed by atoms with Gasteiger partial charge in [-0.05, 0) is 91.1 Å². The summed E-state index contributed by atoms with van der Waals surface area (Å²) in [5, 5.41) is 0. The second kappa shape index (κ2) is 13.3. The van der Waals surface area contributed by atoms with Gasteiger partial charge in [0.15, 0.2) is 0 Å². The molecule has 1 aliphatic rings. The van der Waals surface area contributed by atoms with Crippen molar-refractivity contribution in [2.45, 2.75) is 51.2 Å². The predicted molar refractivity (Wildman–Crippen MR) is 189 cm³/mol. The summed E-state index contributed by atoms with van der Waals surface area (Å²) in [5.74, 6) is 0.741. The van der Waals surface area contributed by atoms with E-state index in [0.29, 0.717) is 41.8 Å². The lowest BCUT2D eigenvalue weighted by atomic mass is 9.96. The van der Waals surface area contributed by atoms with E-state index in [2.05, 4.69) is 59.9 Å². The Morgan fingerprint density at radius 3 is 2.15 bits per heavy atom. The Labute approximate surface area is 277 Å². The van der Waals surface area contributed by atoms with E-state index < -0.39 is 16.2 Å². The Morgan fingerprint density at radius 2 is 1.51 bits per heavy atom. The number of ether oxygens (including phenoxy) is 1. The zero-order valence-electron chi connectivity index (χ0n) is 27.1. The highest BCUT2D eigenvalue weighted by Gasteiger charge is 2.40. The van der Waals surface area contributed by atoms with Gasteiger partial charge in [0.25, 0.3) is 15.9 Å². The van der Waals surface area contributed by atoms with Crippen LogP contribution >= 0.6 is 0 Å². The quantitative estimate of drug-likeness (QED) is 0.164. The van der Waals surface area contributed by atoms with Crippen LogP contribution in [0.25, 0.3) is 0 Å². The molecule has 0 radical (unpaired) electrons. The molecule has 0 saturated heterocycles. The van der Waals surface area contributed by atoms with Crippen LogP contribution in [0.3, 0.4) is 0 Å². The predicted octanol–water partition coefficient (Wildman–Crippen LogP) is 8.68.